The number of thioether (sulfide) groups is 1. The minimum Gasteiger partial charge on any atom is -0.462 e. The van der Waals surface area contributed by atoms with Crippen LogP contribution in [0, 0.1) is 0 Å². The van der Waals surface area contributed by atoms with Crippen molar-refractivity contribution in [2.45, 2.75) is 12.4 Å². The highest BCUT2D eigenvalue weighted by Crippen LogP contribution is 2.29. The predicted octanol–water partition coefficient (Wildman–Crippen LogP) is 3.11. The molecule has 1 aromatic carbocycles. The Hall–Kier alpha value is -1.57. The molecule has 0 fully saturated rings. The van der Waals surface area contributed by atoms with Gasteiger partial charge >= 0.3 is 11.5 Å². The molecule has 0 heterocycles. The summed E-state index contributed by atoms with van der Waals surface area (Å²) in [6, 6.07) is 4.56. The van der Waals surface area contributed by atoms with E-state index in [-0.39, 0.29) is 41.9 Å². The number of nitrogen functional groups attached to an aromatic ring is 1. The van der Waals surface area contributed by atoms with Crippen LogP contribution in [0.5, 0.6) is 0 Å². The summed E-state index contributed by atoms with van der Waals surface area (Å²) in [6.07, 6.45) is 0. The molecule has 8 heteroatoms. The molecule has 0 saturated carbocycles. The molecule has 0 bridgehead atoms. The number of halogens is 3. The van der Waals surface area contributed by atoms with Crippen LogP contribution >= 0.6 is 11.8 Å². The lowest BCUT2D eigenvalue weighted by molar-refractivity contribution is -0.0327. The summed E-state index contributed by atoms with van der Waals surface area (Å²) in [7, 11) is 0. The first kappa shape index (κ1) is 16.5. The average molecular weight is 308 g/mol. The van der Waals surface area contributed by atoms with E-state index in [4.69, 9.17) is 10.5 Å². The van der Waals surface area contributed by atoms with E-state index in [0.29, 0.717) is 5.69 Å². The molecule has 112 valence electrons. The molecule has 1 rings (SSSR count). The quantitative estimate of drug-likeness (QED) is 0.480. The van der Waals surface area contributed by atoms with Crippen LogP contribution in [0.15, 0.2) is 18.2 Å². The number of hydrogen-bond acceptors (Lipinski definition) is 5. The molecular weight excluding hydrogens is 293 g/mol. The number of anilines is 2. The van der Waals surface area contributed by atoms with Gasteiger partial charge in [0.1, 0.15) is 0 Å². The summed E-state index contributed by atoms with van der Waals surface area (Å²) in [4.78, 5) is 11.6. The molecule has 0 radical (unpaired) electrons. The van der Waals surface area contributed by atoms with Crippen molar-refractivity contribution in [2.75, 3.05) is 30.0 Å². The fourth-order valence-corrected chi connectivity index (χ4v) is 1.85. The summed E-state index contributed by atoms with van der Waals surface area (Å²) in [5, 5.41) is 2.80. The van der Waals surface area contributed by atoms with Crippen LogP contribution in [0.2, 0.25) is 0 Å². The van der Waals surface area contributed by atoms with Crippen LogP contribution in [0.3, 0.4) is 0 Å². The number of ether oxygens (including phenoxy) is 1. The number of nitrogens with two attached hydrogens (primary N) is 1. The first-order chi connectivity index (χ1) is 9.33. The summed E-state index contributed by atoms with van der Waals surface area (Å²) >= 11 is -0.104. The Bertz CT molecular complexity index is 467. The molecule has 0 aliphatic rings. The zero-order chi connectivity index (χ0) is 15.2. The number of carbonyl (C=O) groups excluding carboxylic acids is 1. The molecule has 0 aromatic heterocycles. The van der Waals surface area contributed by atoms with E-state index in [1.54, 1.807) is 13.0 Å². The van der Waals surface area contributed by atoms with Crippen molar-refractivity contribution >= 4 is 29.1 Å². The highest BCUT2D eigenvalue weighted by Gasteiger charge is 2.27. The second kappa shape index (κ2) is 7.28. The standard InChI is InChI=1S/C12H15F3N2O2S/c1-2-19-11(18)9-7-8(3-4-10(9)16)17-5-6-20-12(13,14)15/h3-4,7,17H,2,5-6,16H2,1H3. The average Bonchev–Trinajstić information content (AvgIpc) is 2.35. The first-order valence-corrected chi connectivity index (χ1v) is 6.83. The molecule has 0 aliphatic carbocycles. The van der Waals surface area contributed by atoms with Crippen LogP contribution in [0.25, 0.3) is 0 Å². The maximum atomic E-state index is 11.9. The van der Waals surface area contributed by atoms with E-state index in [2.05, 4.69) is 5.32 Å². The molecule has 0 saturated heterocycles. The van der Waals surface area contributed by atoms with Crippen molar-refractivity contribution in [3.8, 4) is 0 Å². The Morgan fingerprint density at radius 2 is 2.15 bits per heavy atom. The number of benzene rings is 1. The molecule has 4 nitrogen and oxygen atoms in total. The third-order valence-electron chi connectivity index (χ3n) is 2.25. The van der Waals surface area contributed by atoms with Gasteiger partial charge in [-0.05, 0) is 36.9 Å². The Morgan fingerprint density at radius 1 is 1.45 bits per heavy atom. The van der Waals surface area contributed by atoms with Gasteiger partial charge in [-0.25, -0.2) is 4.79 Å². The maximum absolute atomic E-state index is 11.9. The summed E-state index contributed by atoms with van der Waals surface area (Å²) < 4.78 is 40.7. The van der Waals surface area contributed by atoms with Gasteiger partial charge in [-0.3, -0.25) is 0 Å². The zero-order valence-electron chi connectivity index (χ0n) is 10.8. The highest BCUT2D eigenvalue weighted by molar-refractivity contribution is 8.00. The largest absolute Gasteiger partial charge is 0.462 e. The molecule has 3 N–H and O–H groups in total. The van der Waals surface area contributed by atoms with Crippen LogP contribution in [0.1, 0.15) is 17.3 Å². The van der Waals surface area contributed by atoms with E-state index < -0.39 is 11.5 Å². The Balaban J connectivity index is 2.59. The van der Waals surface area contributed by atoms with Crippen molar-refractivity contribution < 1.29 is 22.7 Å². The maximum Gasteiger partial charge on any atom is 0.441 e. The highest BCUT2D eigenvalue weighted by atomic mass is 32.2. The molecule has 0 amide bonds. The van der Waals surface area contributed by atoms with Crippen LogP contribution < -0.4 is 11.1 Å². The van der Waals surface area contributed by atoms with Crippen molar-refractivity contribution in [1.29, 1.82) is 0 Å². The number of carbonyl (C=O) groups is 1. The zero-order valence-corrected chi connectivity index (χ0v) is 11.6. The molecule has 0 aliphatic heterocycles. The Kier molecular flexibility index (Phi) is 6.00. The van der Waals surface area contributed by atoms with Crippen LogP contribution in [-0.4, -0.2) is 30.4 Å². The second-order valence-corrected chi connectivity index (χ2v) is 4.90. The van der Waals surface area contributed by atoms with E-state index in [1.807, 2.05) is 0 Å². The van der Waals surface area contributed by atoms with E-state index in [1.165, 1.54) is 12.1 Å². The van der Waals surface area contributed by atoms with Crippen LogP contribution in [-0.2, 0) is 4.74 Å². The number of hydrogen-bond donors (Lipinski definition) is 2. The molecule has 20 heavy (non-hydrogen) atoms. The molecule has 0 unspecified atom stereocenters. The normalized spacial score (nSPS) is 11.2. The fourth-order valence-electron chi connectivity index (χ4n) is 1.41. The summed E-state index contributed by atoms with van der Waals surface area (Å²) in [5.41, 5.74) is 2.39. The van der Waals surface area contributed by atoms with Gasteiger partial charge in [0, 0.05) is 23.7 Å². The lowest BCUT2D eigenvalue weighted by Gasteiger charge is -2.10. The van der Waals surface area contributed by atoms with E-state index in [0.717, 1.165) is 0 Å². The number of alkyl halides is 3. The SMILES string of the molecule is CCOC(=O)c1cc(NCCSC(F)(F)F)ccc1N. The van der Waals surface area contributed by atoms with E-state index >= 15 is 0 Å². The van der Waals surface area contributed by atoms with Crippen molar-refractivity contribution in [2.24, 2.45) is 0 Å². The summed E-state index contributed by atoms with van der Waals surface area (Å²) in [6.45, 7) is 2.01. The number of rotatable bonds is 6. The summed E-state index contributed by atoms with van der Waals surface area (Å²) in [5.74, 6) is -0.680. The minimum absolute atomic E-state index is 0.104. The van der Waals surface area contributed by atoms with Gasteiger partial charge in [0.25, 0.3) is 0 Å². The second-order valence-electron chi connectivity index (χ2n) is 3.74. The first-order valence-electron chi connectivity index (χ1n) is 5.84. The van der Waals surface area contributed by atoms with Gasteiger partial charge in [0.2, 0.25) is 0 Å². The molecular formula is C12H15F3N2O2S. The van der Waals surface area contributed by atoms with Crippen molar-refractivity contribution in [3.63, 3.8) is 0 Å². The smallest absolute Gasteiger partial charge is 0.441 e. The van der Waals surface area contributed by atoms with Gasteiger partial charge in [-0.1, -0.05) is 0 Å². The van der Waals surface area contributed by atoms with Crippen molar-refractivity contribution in [3.05, 3.63) is 23.8 Å². The van der Waals surface area contributed by atoms with Gasteiger partial charge in [0.05, 0.1) is 12.2 Å². The molecule has 0 atom stereocenters. The fraction of sp³-hybridized carbons (Fsp3) is 0.417. The number of nitrogens with one attached hydrogen (secondary N) is 1. The molecule has 0 spiro atoms. The Labute approximate surface area is 118 Å². The van der Waals surface area contributed by atoms with Gasteiger partial charge in [0.15, 0.2) is 0 Å². The van der Waals surface area contributed by atoms with Gasteiger partial charge < -0.3 is 15.8 Å². The van der Waals surface area contributed by atoms with Gasteiger partial charge in [-0.2, -0.15) is 13.2 Å². The third-order valence-corrected chi connectivity index (χ3v) is 2.98. The van der Waals surface area contributed by atoms with Gasteiger partial charge in [-0.15, -0.1) is 0 Å². The lowest BCUT2D eigenvalue weighted by Crippen LogP contribution is -2.11. The number of esters is 1. The predicted molar refractivity (Wildman–Crippen MR) is 73.8 cm³/mol. The van der Waals surface area contributed by atoms with Crippen molar-refractivity contribution in [1.82, 2.24) is 0 Å². The van der Waals surface area contributed by atoms with Crippen LogP contribution in [0.4, 0.5) is 24.5 Å². The molecule has 1 aromatic rings. The lowest BCUT2D eigenvalue weighted by atomic mass is 10.1. The third kappa shape index (κ3) is 5.60. The topological polar surface area (TPSA) is 64.3 Å². The monoisotopic (exact) mass is 308 g/mol. The van der Waals surface area contributed by atoms with E-state index in [9.17, 15) is 18.0 Å². The Morgan fingerprint density at radius 3 is 2.75 bits per heavy atom. The minimum atomic E-state index is -4.24.